The van der Waals surface area contributed by atoms with Gasteiger partial charge in [0.2, 0.25) is 0 Å². The molecule has 0 aliphatic rings. The van der Waals surface area contributed by atoms with Crippen LogP contribution in [0.1, 0.15) is 53.9 Å². The van der Waals surface area contributed by atoms with E-state index in [1.54, 1.807) is 0 Å². The third-order valence-electron chi connectivity index (χ3n) is 3.84. The van der Waals surface area contributed by atoms with Gasteiger partial charge < -0.3 is 19.3 Å². The number of esters is 3. The van der Waals surface area contributed by atoms with Gasteiger partial charge in [0, 0.05) is 23.3 Å². The van der Waals surface area contributed by atoms with Gasteiger partial charge in [0.05, 0.1) is 5.41 Å². The van der Waals surface area contributed by atoms with Crippen molar-refractivity contribution in [2.75, 3.05) is 26.4 Å². The smallest absolute Gasteiger partial charge is 0.333 e. The fraction of sp³-hybridized carbons (Fsp3) is 0.591. The lowest BCUT2D eigenvalue weighted by atomic mass is 9.88. The van der Waals surface area contributed by atoms with E-state index < -0.39 is 23.3 Å². The molecule has 7 nitrogen and oxygen atoms in total. The van der Waals surface area contributed by atoms with Crippen molar-refractivity contribution in [3.63, 3.8) is 0 Å². The minimum absolute atomic E-state index is 0.0812. The molecule has 1 N–H and O–H groups in total. The summed E-state index contributed by atoms with van der Waals surface area (Å²) in [5.74, 6) is -1.69. The topological polar surface area (TPSA) is 99.1 Å². The van der Waals surface area contributed by atoms with Gasteiger partial charge in [0.15, 0.2) is 0 Å². The van der Waals surface area contributed by atoms with E-state index in [4.69, 9.17) is 19.3 Å². The molecule has 0 atom stereocenters. The number of unbranched alkanes of at least 4 members (excludes halogenated alkanes) is 1. The second kappa shape index (κ2) is 15.5. The number of carbonyl (C=O) groups is 3. The molecule has 0 saturated heterocycles. The molecule has 0 bridgehead atoms. The standard InChI is InChI=1S/C18H26O6.C4H10O/c1-8-18(9-22-15(19)12(2)3,10-23-16(20)13(4)5)11-24-17(21)14(6)7;1-2-3-4-5/h2,4,6,8-11H2,1,3,5,7H3;5H,2-4H2,1H3. The van der Waals surface area contributed by atoms with Crippen LogP contribution in [0.4, 0.5) is 0 Å². The molecule has 7 heteroatoms. The van der Waals surface area contributed by atoms with Crippen molar-refractivity contribution in [2.45, 2.75) is 53.9 Å². The molecule has 0 heterocycles. The van der Waals surface area contributed by atoms with Crippen molar-refractivity contribution in [3.05, 3.63) is 36.5 Å². The third-order valence-corrected chi connectivity index (χ3v) is 3.84. The van der Waals surface area contributed by atoms with Crippen LogP contribution in [0.3, 0.4) is 0 Å². The normalized spacial score (nSPS) is 10.1. The zero-order chi connectivity index (χ0) is 23.0. The van der Waals surface area contributed by atoms with Crippen LogP contribution in [0, 0.1) is 5.41 Å². The Hall–Kier alpha value is -2.41. The molecule has 0 spiro atoms. The lowest BCUT2D eigenvalue weighted by molar-refractivity contribution is -0.157. The number of aliphatic hydroxyl groups is 1. The van der Waals surface area contributed by atoms with E-state index in [1.165, 1.54) is 20.8 Å². The molecule has 0 aromatic carbocycles. The van der Waals surface area contributed by atoms with E-state index in [0.29, 0.717) is 13.0 Å². The van der Waals surface area contributed by atoms with Crippen LogP contribution in [-0.4, -0.2) is 49.4 Å². The number of hydrogen-bond acceptors (Lipinski definition) is 7. The summed E-state index contributed by atoms with van der Waals surface area (Å²) in [6.07, 6.45) is 2.49. The van der Waals surface area contributed by atoms with Gasteiger partial charge in [0.25, 0.3) is 0 Å². The summed E-state index contributed by atoms with van der Waals surface area (Å²) < 4.78 is 15.5. The first kappa shape index (κ1) is 28.8. The van der Waals surface area contributed by atoms with E-state index in [2.05, 4.69) is 26.7 Å². The van der Waals surface area contributed by atoms with Crippen molar-refractivity contribution < 1.29 is 33.7 Å². The zero-order valence-electron chi connectivity index (χ0n) is 18.5. The van der Waals surface area contributed by atoms with Crippen LogP contribution >= 0.6 is 0 Å². The quantitative estimate of drug-likeness (QED) is 0.297. The molecule has 0 aliphatic carbocycles. The van der Waals surface area contributed by atoms with E-state index in [1.807, 2.05) is 6.92 Å². The van der Waals surface area contributed by atoms with Gasteiger partial charge in [-0.15, -0.1) is 0 Å². The molecule has 0 amide bonds. The van der Waals surface area contributed by atoms with Gasteiger partial charge in [-0.3, -0.25) is 0 Å². The molecule has 0 aromatic heterocycles. The first-order chi connectivity index (χ1) is 13.5. The molecule has 29 heavy (non-hydrogen) atoms. The van der Waals surface area contributed by atoms with Gasteiger partial charge >= 0.3 is 17.9 Å². The number of aliphatic hydroxyl groups excluding tert-OH is 1. The molecule has 0 aliphatic heterocycles. The molecule has 0 aromatic rings. The second-order valence-electron chi connectivity index (χ2n) is 7.00. The Kier molecular flexibility index (Phi) is 15.4. The third kappa shape index (κ3) is 13.4. The Labute approximate surface area is 174 Å². The van der Waals surface area contributed by atoms with Gasteiger partial charge in [-0.2, -0.15) is 0 Å². The van der Waals surface area contributed by atoms with E-state index in [-0.39, 0.29) is 36.5 Å². The maximum absolute atomic E-state index is 11.6. The van der Waals surface area contributed by atoms with Crippen molar-refractivity contribution in [3.8, 4) is 0 Å². The Morgan fingerprint density at radius 1 is 0.759 bits per heavy atom. The summed E-state index contributed by atoms with van der Waals surface area (Å²) >= 11 is 0. The van der Waals surface area contributed by atoms with E-state index in [9.17, 15) is 14.4 Å². The molecule has 0 saturated carbocycles. The van der Waals surface area contributed by atoms with Crippen molar-refractivity contribution in [1.29, 1.82) is 0 Å². The highest BCUT2D eigenvalue weighted by Gasteiger charge is 2.34. The van der Waals surface area contributed by atoms with Crippen molar-refractivity contribution in [2.24, 2.45) is 5.41 Å². The van der Waals surface area contributed by atoms with E-state index in [0.717, 1.165) is 12.8 Å². The van der Waals surface area contributed by atoms with Gasteiger partial charge in [-0.25, -0.2) is 14.4 Å². The van der Waals surface area contributed by atoms with Gasteiger partial charge in [-0.05, 0) is 33.6 Å². The molecular weight excluding hydrogens is 376 g/mol. The minimum atomic E-state index is -0.860. The highest BCUT2D eigenvalue weighted by Crippen LogP contribution is 2.25. The summed E-state index contributed by atoms with van der Waals surface area (Å²) in [5.41, 5.74) is -0.116. The monoisotopic (exact) mass is 412 g/mol. The molecule has 0 unspecified atom stereocenters. The molecule has 0 rings (SSSR count). The van der Waals surface area contributed by atoms with Crippen molar-refractivity contribution in [1.82, 2.24) is 0 Å². The summed E-state index contributed by atoms with van der Waals surface area (Å²) in [6, 6.07) is 0. The lowest BCUT2D eigenvalue weighted by Crippen LogP contribution is -2.39. The molecular formula is C22H36O7. The number of hydrogen-bond donors (Lipinski definition) is 1. The Morgan fingerprint density at radius 3 is 1.21 bits per heavy atom. The average molecular weight is 413 g/mol. The summed E-state index contributed by atoms with van der Waals surface area (Å²) in [5, 5.41) is 8.07. The summed E-state index contributed by atoms with van der Waals surface area (Å²) in [4.78, 5) is 34.9. The van der Waals surface area contributed by atoms with Crippen molar-refractivity contribution >= 4 is 17.9 Å². The zero-order valence-corrected chi connectivity index (χ0v) is 18.5. The maximum Gasteiger partial charge on any atom is 0.333 e. The number of rotatable bonds is 12. The molecule has 0 fully saturated rings. The largest absolute Gasteiger partial charge is 0.461 e. The number of ether oxygens (including phenoxy) is 3. The Morgan fingerprint density at radius 2 is 1.07 bits per heavy atom. The first-order valence-electron chi connectivity index (χ1n) is 9.55. The van der Waals surface area contributed by atoms with Gasteiger partial charge in [-0.1, -0.05) is 40.0 Å². The Balaban J connectivity index is 0. The van der Waals surface area contributed by atoms with Crippen LogP contribution < -0.4 is 0 Å². The van der Waals surface area contributed by atoms with Crippen LogP contribution in [0.5, 0.6) is 0 Å². The maximum atomic E-state index is 11.6. The average Bonchev–Trinajstić information content (AvgIpc) is 2.67. The Bertz CT molecular complexity index is 514. The summed E-state index contributed by atoms with van der Waals surface area (Å²) in [7, 11) is 0. The summed E-state index contributed by atoms with van der Waals surface area (Å²) in [6.45, 7) is 19.1. The predicted octanol–water partition coefficient (Wildman–Crippen LogP) is 3.52. The highest BCUT2D eigenvalue weighted by molar-refractivity contribution is 5.88. The van der Waals surface area contributed by atoms with Crippen LogP contribution in [-0.2, 0) is 28.6 Å². The number of carbonyl (C=O) groups excluding carboxylic acids is 3. The highest BCUT2D eigenvalue weighted by atomic mass is 16.6. The fourth-order valence-corrected chi connectivity index (χ4v) is 1.61. The minimum Gasteiger partial charge on any atom is -0.461 e. The SMILES string of the molecule is C=C(C)C(=O)OCC(CC)(COC(=O)C(=C)C)COC(=O)C(=C)C.CCCCO. The predicted molar refractivity (Wildman–Crippen MR) is 112 cm³/mol. The van der Waals surface area contributed by atoms with Crippen LogP contribution in [0.2, 0.25) is 0 Å². The lowest BCUT2D eigenvalue weighted by Gasteiger charge is -2.31. The molecule has 166 valence electrons. The van der Waals surface area contributed by atoms with Crippen LogP contribution in [0.25, 0.3) is 0 Å². The fourth-order valence-electron chi connectivity index (χ4n) is 1.61. The first-order valence-corrected chi connectivity index (χ1v) is 9.55. The second-order valence-corrected chi connectivity index (χ2v) is 7.00. The van der Waals surface area contributed by atoms with Crippen LogP contribution in [0.15, 0.2) is 36.5 Å². The molecule has 0 radical (unpaired) electrons. The van der Waals surface area contributed by atoms with E-state index >= 15 is 0 Å². The van der Waals surface area contributed by atoms with Gasteiger partial charge in [0.1, 0.15) is 19.8 Å².